The quantitative estimate of drug-likeness (QED) is 0.0696. The Morgan fingerprint density at radius 2 is 1.09 bits per heavy atom. The first-order valence-corrected chi connectivity index (χ1v) is 21.7. The summed E-state index contributed by atoms with van der Waals surface area (Å²) in [6.45, 7) is 2.09. The van der Waals surface area contributed by atoms with E-state index in [0.717, 1.165) is 62.4 Å². The predicted molar refractivity (Wildman–Crippen MR) is 194 cm³/mol. The largest absolute Gasteiger partial charge is 0.472 e. The first kappa shape index (κ1) is 44.2. The van der Waals surface area contributed by atoms with Gasteiger partial charge in [-0.15, -0.1) is 0 Å². The number of phosphoric acid groups is 1. The van der Waals surface area contributed by atoms with Crippen molar-refractivity contribution < 1.29 is 52.2 Å². The number of H-pyrrole nitrogens is 2. The van der Waals surface area contributed by atoms with Gasteiger partial charge in [0.05, 0.1) is 25.9 Å². The summed E-state index contributed by atoms with van der Waals surface area (Å²) in [5, 5.41) is 19.4. The van der Waals surface area contributed by atoms with Crippen molar-refractivity contribution in [3.63, 3.8) is 0 Å². The molecule has 2 unspecified atom stereocenters. The average Bonchev–Trinajstić information content (AvgIpc) is 3.70. The van der Waals surface area contributed by atoms with Crippen LogP contribution in [0.3, 0.4) is 0 Å². The van der Waals surface area contributed by atoms with E-state index in [1.165, 1.54) is 30.8 Å². The van der Waals surface area contributed by atoms with Crippen LogP contribution in [0, 0.1) is 13.8 Å². The topological polar surface area (TPSA) is 271 Å². The number of aryl methyl sites for hydroxylation is 2. The van der Waals surface area contributed by atoms with Crippen molar-refractivity contribution in [1.82, 2.24) is 19.1 Å². The lowest BCUT2D eigenvalue weighted by Gasteiger charge is -2.20. The van der Waals surface area contributed by atoms with E-state index in [2.05, 4.69) is 9.97 Å². The van der Waals surface area contributed by atoms with Crippen molar-refractivity contribution in [2.45, 2.75) is 134 Å². The second-order valence-corrected chi connectivity index (χ2v) is 17.2. The van der Waals surface area contributed by atoms with E-state index in [-0.39, 0.29) is 31.2 Å². The van der Waals surface area contributed by atoms with E-state index in [4.69, 9.17) is 23.0 Å². The summed E-state index contributed by atoms with van der Waals surface area (Å²) < 4.78 is 54.9. The van der Waals surface area contributed by atoms with Gasteiger partial charge in [0.15, 0.2) is 0 Å². The van der Waals surface area contributed by atoms with Gasteiger partial charge >= 0.3 is 26.8 Å². The normalized spacial score (nSPS) is 25.1. The Kier molecular flexibility index (Phi) is 16.8. The minimum absolute atomic E-state index is 0.00769. The second-order valence-electron chi connectivity index (χ2n) is 13.9. The van der Waals surface area contributed by atoms with Crippen LogP contribution in [0.15, 0.2) is 31.6 Å². The number of aromatic nitrogens is 4. The van der Waals surface area contributed by atoms with Crippen LogP contribution < -0.4 is 22.5 Å². The smallest absolute Gasteiger partial charge is 0.394 e. The maximum absolute atomic E-state index is 12.8. The molecular weight excluding hydrogens is 754 g/mol. The highest BCUT2D eigenvalue weighted by atomic mass is 31.2. The lowest BCUT2D eigenvalue weighted by molar-refractivity contribution is -0.0464. The third-order valence-electron chi connectivity index (χ3n) is 9.54. The molecule has 0 spiro atoms. The Bertz CT molecular complexity index is 1710. The number of unbranched alkanes of at least 4 members (excludes halogenated alkanes) is 10. The summed E-state index contributed by atoms with van der Waals surface area (Å²) in [5.41, 5.74) is -1.86. The van der Waals surface area contributed by atoms with Crippen LogP contribution >= 0.6 is 15.4 Å². The number of hydrogen-bond acceptors (Lipinski definition) is 13. The minimum atomic E-state index is -4.47. The van der Waals surface area contributed by atoms with Gasteiger partial charge in [0.2, 0.25) is 0 Å². The number of aliphatic hydroxyl groups excluding tert-OH is 2. The molecule has 0 bridgehead atoms. The fourth-order valence-electron chi connectivity index (χ4n) is 6.54. The molecule has 0 aromatic carbocycles. The van der Waals surface area contributed by atoms with Crippen molar-refractivity contribution in [2.75, 3.05) is 26.0 Å². The Balaban J connectivity index is 1.01. The minimum Gasteiger partial charge on any atom is -0.394 e. The van der Waals surface area contributed by atoms with E-state index in [1.54, 1.807) is 0 Å². The van der Waals surface area contributed by atoms with Gasteiger partial charge in [0.25, 0.3) is 11.1 Å². The fourth-order valence-corrected chi connectivity index (χ4v) is 8.90. The molecule has 0 amide bonds. The maximum atomic E-state index is 12.8. The number of phosphoric ester groups is 1. The lowest BCUT2D eigenvalue weighted by Crippen LogP contribution is -2.33. The number of nitrogens with zero attached hydrogens (tertiary/aromatic N) is 2. The summed E-state index contributed by atoms with van der Waals surface area (Å²) in [6.07, 6.45) is 6.67. The molecule has 2 aromatic heterocycles. The number of nitrogens with one attached hydrogen (secondary N) is 2. The summed E-state index contributed by atoms with van der Waals surface area (Å²) in [4.78, 5) is 72.8. The van der Waals surface area contributed by atoms with Gasteiger partial charge in [0.1, 0.15) is 30.8 Å². The van der Waals surface area contributed by atoms with E-state index in [0.29, 0.717) is 18.4 Å². The highest BCUT2D eigenvalue weighted by Crippen LogP contribution is 2.49. The number of hydrogen-bond donors (Lipinski definition) is 6. The molecule has 2 fully saturated rings. The lowest BCUT2D eigenvalue weighted by atomic mass is 10.1. The highest BCUT2D eigenvalue weighted by Gasteiger charge is 2.42. The van der Waals surface area contributed by atoms with Crippen LogP contribution in [-0.2, 0) is 32.2 Å². The maximum Gasteiger partial charge on any atom is 0.472 e. The van der Waals surface area contributed by atoms with E-state index < -0.39 is 88.0 Å². The Morgan fingerprint density at radius 3 is 1.54 bits per heavy atom. The van der Waals surface area contributed by atoms with Gasteiger partial charge in [-0.25, -0.2) is 14.2 Å². The van der Waals surface area contributed by atoms with Crippen molar-refractivity contribution in [1.29, 1.82) is 0 Å². The molecule has 54 heavy (non-hydrogen) atoms. The third-order valence-corrected chi connectivity index (χ3v) is 12.1. The fraction of sp³-hybridized carbons (Fsp3) is 0.758. The molecule has 19 nitrogen and oxygen atoms in total. The van der Waals surface area contributed by atoms with Gasteiger partial charge in [-0.05, 0) is 26.7 Å². The van der Waals surface area contributed by atoms with E-state index in [9.17, 15) is 48.3 Å². The van der Waals surface area contributed by atoms with Crippen molar-refractivity contribution >= 4 is 15.4 Å². The zero-order valence-corrected chi connectivity index (χ0v) is 32.5. The number of ether oxygens (including phenoxy) is 2. The molecule has 0 radical (unpaired) electrons. The van der Waals surface area contributed by atoms with Crippen LogP contribution in [0.1, 0.15) is 107 Å². The van der Waals surface area contributed by atoms with E-state index in [1.807, 2.05) is 0 Å². The molecule has 4 heterocycles. The third kappa shape index (κ3) is 13.0. The molecule has 2 aliphatic rings. The number of rotatable bonds is 23. The summed E-state index contributed by atoms with van der Waals surface area (Å²) in [6, 6.07) is 0. The van der Waals surface area contributed by atoms with Gasteiger partial charge in [-0.2, -0.15) is 0 Å². The van der Waals surface area contributed by atoms with Crippen molar-refractivity contribution in [3.05, 3.63) is 65.2 Å². The van der Waals surface area contributed by atoms with Gasteiger partial charge in [-0.1, -0.05) is 57.8 Å². The standard InChI is InChI=1S/C33H54N4O15P2/c1-22-18-36(32(42)34-30(22)40)28-16-24(26(20-38)49-28)51-53(44,45)15-13-11-9-7-5-3-4-6-8-10-12-14-48-54(46,47)52-25-17-29(50-27(25)21-39)37-19-23(2)31(41)35-33(37)43/h18-19,24-29,38-39H,3-17,20-21H2,1-2H3,(H,44,45)(H,46,47)(H,34,40,42)(H,35,41,43)/t24-,25-,26+,27+,28+,29+/m0/s1. The molecule has 6 N–H and O–H groups in total. The Morgan fingerprint density at radius 1 is 0.685 bits per heavy atom. The molecular formula is C33H54N4O15P2. The zero-order chi connectivity index (χ0) is 39.5. The molecule has 2 saturated heterocycles. The van der Waals surface area contributed by atoms with Crippen molar-refractivity contribution in [3.8, 4) is 0 Å². The molecule has 8 atom stereocenters. The Labute approximate surface area is 311 Å². The molecule has 2 aromatic rings. The van der Waals surface area contributed by atoms with Crippen LogP contribution in [0.2, 0.25) is 0 Å². The van der Waals surface area contributed by atoms with E-state index >= 15 is 0 Å². The first-order chi connectivity index (χ1) is 25.6. The molecule has 2 aliphatic heterocycles. The van der Waals surface area contributed by atoms with Crippen LogP contribution in [0.4, 0.5) is 0 Å². The highest BCUT2D eigenvalue weighted by molar-refractivity contribution is 7.52. The molecule has 0 aliphatic carbocycles. The van der Waals surface area contributed by atoms with Gasteiger partial charge in [0, 0.05) is 42.5 Å². The molecule has 21 heteroatoms. The van der Waals surface area contributed by atoms with Crippen LogP contribution in [0.5, 0.6) is 0 Å². The predicted octanol–water partition coefficient (Wildman–Crippen LogP) is 2.63. The number of aliphatic hydroxyl groups is 2. The number of aromatic amines is 2. The molecule has 306 valence electrons. The first-order valence-electron chi connectivity index (χ1n) is 18.5. The summed E-state index contributed by atoms with van der Waals surface area (Å²) >= 11 is 0. The van der Waals surface area contributed by atoms with Crippen LogP contribution in [0.25, 0.3) is 0 Å². The Hall–Kier alpha value is -2.54. The van der Waals surface area contributed by atoms with Gasteiger partial charge in [-0.3, -0.25) is 42.3 Å². The SMILES string of the molecule is Cc1cn([C@H]2C[C@H](OP(=O)(O)CCCCCCCCCCCCCOP(=O)(O)O[C@H]3C[C@H](n4cc(C)c(=O)[nH]c4=O)O[C@@H]3CO)[C@@H](CO)O2)c(=O)[nH]c1=O. The molecule has 0 saturated carbocycles. The zero-order valence-electron chi connectivity index (χ0n) is 30.7. The average molecular weight is 809 g/mol. The molecule has 4 rings (SSSR count). The second kappa shape index (κ2) is 20.6. The monoisotopic (exact) mass is 808 g/mol. The summed E-state index contributed by atoms with van der Waals surface area (Å²) in [7, 11) is -8.44. The summed E-state index contributed by atoms with van der Waals surface area (Å²) in [5.74, 6) is 0. The van der Waals surface area contributed by atoms with Crippen molar-refractivity contribution in [2.24, 2.45) is 0 Å². The van der Waals surface area contributed by atoms with Crippen LogP contribution in [-0.4, -0.2) is 89.5 Å². The van der Waals surface area contributed by atoms with Gasteiger partial charge < -0.3 is 34.0 Å².